The van der Waals surface area contributed by atoms with Crippen LogP contribution in [0.1, 0.15) is 12.0 Å². The number of para-hydroxylation sites is 1. The van der Waals surface area contributed by atoms with Crippen LogP contribution in [0.3, 0.4) is 0 Å². The number of carbonyl (C=O) groups is 1. The van der Waals surface area contributed by atoms with E-state index in [1.54, 1.807) is 18.5 Å². The molecule has 1 aromatic carbocycles. The average Bonchev–Trinajstić information content (AvgIpc) is 2.91. The molecule has 0 radical (unpaired) electrons. The Bertz CT molecular complexity index is 782. The molecule has 0 spiro atoms. The van der Waals surface area contributed by atoms with Crippen LogP contribution in [-0.2, 0) is 11.2 Å². The Balaban J connectivity index is 1.65. The molecular weight excluding hydrogens is 330 g/mol. The first-order valence-corrected chi connectivity index (χ1v) is 7.47. The van der Waals surface area contributed by atoms with Crippen LogP contribution in [0.4, 0.5) is 5.69 Å². The maximum atomic E-state index is 12.0. The summed E-state index contributed by atoms with van der Waals surface area (Å²) in [6, 6.07) is 9.88. The Morgan fingerprint density at radius 3 is 3.00 bits per heavy atom. The van der Waals surface area contributed by atoms with Gasteiger partial charge in [0, 0.05) is 35.9 Å². The molecule has 0 aliphatic heterocycles. The number of pyridine rings is 1. The molecule has 0 unspecified atom stereocenters. The van der Waals surface area contributed by atoms with Crippen LogP contribution in [0.15, 0.2) is 53.4 Å². The van der Waals surface area contributed by atoms with Gasteiger partial charge in [-0.25, -0.2) is 0 Å². The number of halogens is 1. The van der Waals surface area contributed by atoms with Crippen LogP contribution in [0.5, 0.6) is 0 Å². The molecular formula is C16H14BrN3O. The van der Waals surface area contributed by atoms with E-state index in [2.05, 4.69) is 37.3 Å². The number of fused-ring (bicyclic) bond motifs is 1. The summed E-state index contributed by atoms with van der Waals surface area (Å²) >= 11 is 3.36. The summed E-state index contributed by atoms with van der Waals surface area (Å²) in [7, 11) is 0. The van der Waals surface area contributed by atoms with Gasteiger partial charge >= 0.3 is 0 Å². The molecule has 2 heterocycles. The lowest BCUT2D eigenvalue weighted by Gasteiger charge is -2.06. The Kier molecular flexibility index (Phi) is 4.01. The van der Waals surface area contributed by atoms with Crippen molar-refractivity contribution in [3.05, 3.63) is 59.0 Å². The number of aryl methyl sites for hydroxylation is 1. The van der Waals surface area contributed by atoms with Crippen LogP contribution in [0.25, 0.3) is 10.9 Å². The minimum atomic E-state index is -0.00724. The standard InChI is InChI=1S/C16H14BrN3O/c17-13-10-18-8-7-15(13)20-16(21)6-5-11-9-19-14-4-2-1-3-12(11)14/h1-4,7-10,19H,5-6H2,(H,18,20,21). The van der Waals surface area contributed by atoms with Crippen molar-refractivity contribution in [3.8, 4) is 0 Å². The van der Waals surface area contributed by atoms with Crippen LogP contribution in [0, 0.1) is 0 Å². The molecule has 21 heavy (non-hydrogen) atoms. The van der Waals surface area contributed by atoms with Gasteiger partial charge in [-0.15, -0.1) is 0 Å². The Hall–Kier alpha value is -2.14. The van der Waals surface area contributed by atoms with E-state index in [4.69, 9.17) is 0 Å². The van der Waals surface area contributed by atoms with Gasteiger partial charge in [0.25, 0.3) is 0 Å². The molecule has 0 aliphatic rings. The number of aromatic nitrogens is 2. The second-order valence-electron chi connectivity index (χ2n) is 4.76. The summed E-state index contributed by atoms with van der Waals surface area (Å²) in [5.74, 6) is -0.00724. The number of hydrogen-bond donors (Lipinski definition) is 2. The quantitative estimate of drug-likeness (QED) is 0.754. The molecule has 0 bridgehead atoms. The minimum absolute atomic E-state index is 0.00724. The van der Waals surface area contributed by atoms with Gasteiger partial charge in [-0.2, -0.15) is 0 Å². The smallest absolute Gasteiger partial charge is 0.224 e. The predicted octanol–water partition coefficient (Wildman–Crippen LogP) is 3.90. The molecule has 0 aliphatic carbocycles. The summed E-state index contributed by atoms with van der Waals surface area (Å²) in [5, 5.41) is 4.06. The van der Waals surface area contributed by atoms with E-state index >= 15 is 0 Å². The number of rotatable bonds is 4. The van der Waals surface area contributed by atoms with Crippen LogP contribution >= 0.6 is 15.9 Å². The number of aromatic amines is 1. The molecule has 1 amide bonds. The first-order chi connectivity index (χ1) is 10.2. The van der Waals surface area contributed by atoms with Crippen molar-refractivity contribution < 1.29 is 4.79 Å². The highest BCUT2D eigenvalue weighted by molar-refractivity contribution is 9.10. The molecule has 0 saturated heterocycles. The number of benzene rings is 1. The SMILES string of the molecule is O=C(CCc1c[nH]c2ccccc12)Nc1ccncc1Br. The van der Waals surface area contributed by atoms with E-state index in [1.165, 1.54) is 5.39 Å². The molecule has 5 heteroatoms. The fourth-order valence-electron chi connectivity index (χ4n) is 2.28. The van der Waals surface area contributed by atoms with Crippen molar-refractivity contribution in [2.75, 3.05) is 5.32 Å². The Morgan fingerprint density at radius 2 is 2.14 bits per heavy atom. The van der Waals surface area contributed by atoms with Gasteiger partial charge in [0.05, 0.1) is 10.2 Å². The number of H-pyrrole nitrogens is 1. The van der Waals surface area contributed by atoms with Crippen molar-refractivity contribution in [3.63, 3.8) is 0 Å². The third-order valence-corrected chi connectivity index (χ3v) is 3.97. The van der Waals surface area contributed by atoms with Gasteiger partial charge in [-0.1, -0.05) is 18.2 Å². The maximum absolute atomic E-state index is 12.0. The third-order valence-electron chi connectivity index (χ3n) is 3.34. The van der Waals surface area contributed by atoms with Crippen molar-refractivity contribution in [1.82, 2.24) is 9.97 Å². The van der Waals surface area contributed by atoms with Crippen molar-refractivity contribution in [1.29, 1.82) is 0 Å². The van der Waals surface area contributed by atoms with Gasteiger partial charge in [-0.05, 0) is 40.0 Å². The summed E-state index contributed by atoms with van der Waals surface area (Å²) < 4.78 is 0.783. The highest BCUT2D eigenvalue weighted by atomic mass is 79.9. The summed E-state index contributed by atoms with van der Waals surface area (Å²) in [5.41, 5.74) is 3.01. The third kappa shape index (κ3) is 3.13. The van der Waals surface area contributed by atoms with Crippen LogP contribution in [0.2, 0.25) is 0 Å². The highest BCUT2D eigenvalue weighted by Gasteiger charge is 2.08. The van der Waals surface area contributed by atoms with E-state index in [0.717, 1.165) is 21.2 Å². The number of carbonyl (C=O) groups excluding carboxylic acids is 1. The van der Waals surface area contributed by atoms with Gasteiger partial charge in [0.15, 0.2) is 0 Å². The monoisotopic (exact) mass is 343 g/mol. The zero-order chi connectivity index (χ0) is 14.7. The Labute approximate surface area is 130 Å². The maximum Gasteiger partial charge on any atom is 0.224 e. The summed E-state index contributed by atoms with van der Waals surface area (Å²) in [6.07, 6.45) is 6.44. The van der Waals surface area contributed by atoms with Crippen molar-refractivity contribution >= 4 is 38.4 Å². The first kappa shape index (κ1) is 13.8. The molecule has 2 N–H and O–H groups in total. The number of amides is 1. The van der Waals surface area contributed by atoms with Crippen molar-refractivity contribution in [2.45, 2.75) is 12.8 Å². The molecule has 0 saturated carbocycles. The second kappa shape index (κ2) is 6.10. The van der Waals surface area contributed by atoms with E-state index in [-0.39, 0.29) is 5.91 Å². The van der Waals surface area contributed by atoms with Crippen LogP contribution in [-0.4, -0.2) is 15.9 Å². The molecule has 0 atom stereocenters. The fourth-order valence-corrected chi connectivity index (χ4v) is 2.63. The molecule has 3 aromatic rings. The predicted molar refractivity (Wildman–Crippen MR) is 87.2 cm³/mol. The minimum Gasteiger partial charge on any atom is -0.361 e. The molecule has 0 fully saturated rings. The summed E-state index contributed by atoms with van der Waals surface area (Å²) in [6.45, 7) is 0. The first-order valence-electron chi connectivity index (χ1n) is 6.68. The Morgan fingerprint density at radius 1 is 1.29 bits per heavy atom. The van der Waals surface area contributed by atoms with Gasteiger partial charge < -0.3 is 10.3 Å². The highest BCUT2D eigenvalue weighted by Crippen LogP contribution is 2.21. The van der Waals surface area contributed by atoms with E-state index in [1.807, 2.05) is 24.4 Å². The number of nitrogens with one attached hydrogen (secondary N) is 2. The lowest BCUT2D eigenvalue weighted by Crippen LogP contribution is -2.12. The van der Waals surface area contributed by atoms with Crippen LogP contribution < -0.4 is 5.32 Å². The van der Waals surface area contributed by atoms with E-state index in [9.17, 15) is 4.79 Å². The van der Waals surface area contributed by atoms with E-state index < -0.39 is 0 Å². The largest absolute Gasteiger partial charge is 0.361 e. The second-order valence-corrected chi connectivity index (χ2v) is 5.62. The number of hydrogen-bond acceptors (Lipinski definition) is 2. The number of anilines is 1. The summed E-state index contributed by atoms with van der Waals surface area (Å²) in [4.78, 5) is 19.2. The molecule has 4 nitrogen and oxygen atoms in total. The lowest BCUT2D eigenvalue weighted by atomic mass is 10.1. The molecule has 2 aromatic heterocycles. The fraction of sp³-hybridized carbons (Fsp3) is 0.125. The number of nitrogens with zero attached hydrogens (tertiary/aromatic N) is 1. The van der Waals surface area contributed by atoms with E-state index in [0.29, 0.717) is 12.8 Å². The van der Waals surface area contributed by atoms with Gasteiger partial charge in [-0.3, -0.25) is 9.78 Å². The van der Waals surface area contributed by atoms with Crippen molar-refractivity contribution in [2.24, 2.45) is 0 Å². The topological polar surface area (TPSA) is 57.8 Å². The lowest BCUT2D eigenvalue weighted by molar-refractivity contribution is -0.116. The zero-order valence-electron chi connectivity index (χ0n) is 11.3. The van der Waals surface area contributed by atoms with Gasteiger partial charge in [0.2, 0.25) is 5.91 Å². The normalized spacial score (nSPS) is 10.7. The van der Waals surface area contributed by atoms with Gasteiger partial charge in [0.1, 0.15) is 0 Å². The zero-order valence-corrected chi connectivity index (χ0v) is 12.9. The molecule has 106 valence electrons. The molecule has 3 rings (SSSR count). The average molecular weight is 344 g/mol.